The van der Waals surface area contributed by atoms with Crippen LogP contribution in [0, 0.1) is 12.1 Å². The van der Waals surface area contributed by atoms with E-state index in [1.165, 1.54) is 85.2 Å². The molecule has 0 spiro atoms. The molecule has 0 bridgehead atoms. The van der Waals surface area contributed by atoms with Gasteiger partial charge < -0.3 is 0 Å². The summed E-state index contributed by atoms with van der Waals surface area (Å²) in [4.78, 5) is 0. The van der Waals surface area contributed by atoms with Gasteiger partial charge in [0.2, 0.25) is 0 Å². The first-order valence-electron chi connectivity index (χ1n) is 16.2. The van der Waals surface area contributed by atoms with E-state index in [0.717, 1.165) is 12.8 Å². The summed E-state index contributed by atoms with van der Waals surface area (Å²) in [5.41, 5.74) is 5.60. The van der Waals surface area contributed by atoms with Crippen molar-refractivity contribution in [1.29, 1.82) is 0 Å². The minimum absolute atomic E-state index is 0. The number of hydrogen-bond acceptors (Lipinski definition) is 0. The van der Waals surface area contributed by atoms with Gasteiger partial charge in [-0.2, -0.15) is 36.4 Å². The normalized spacial score (nSPS) is 11.2. The van der Waals surface area contributed by atoms with E-state index >= 15 is 0 Å². The van der Waals surface area contributed by atoms with Gasteiger partial charge in [-0.25, -0.2) is 0 Å². The molecule has 236 valence electrons. The standard InChI is InChI=1S/C22H14Br.2C6H15P.C6H5.Pd/c23-22-20-12-16-7-3-1-5-14(16)9-18(20)11-19-10-15-6-2-4-8-17(15)13-21(19)22;2*1-4-7(5-2)6-3;1-2-4-6-5-3-1;/h1-9,12H,10,13H2;2*4-6H2,1-3H3;1-5H;/q-1;;;-1;+2/p+2. The third kappa shape index (κ3) is 11.5. The molecule has 0 saturated heterocycles. The third-order valence-electron chi connectivity index (χ3n) is 8.50. The van der Waals surface area contributed by atoms with Crippen LogP contribution in [0.3, 0.4) is 0 Å². The molecule has 5 aromatic rings. The summed E-state index contributed by atoms with van der Waals surface area (Å²) in [5.74, 6) is 0. The number of benzene rings is 5. The van der Waals surface area contributed by atoms with Crippen molar-refractivity contribution in [2.24, 2.45) is 0 Å². The summed E-state index contributed by atoms with van der Waals surface area (Å²) in [6.07, 6.45) is 10.7. The Morgan fingerprint density at radius 2 is 1.09 bits per heavy atom. The fourth-order valence-electron chi connectivity index (χ4n) is 5.52. The Morgan fingerprint density at radius 1 is 0.614 bits per heavy atom. The van der Waals surface area contributed by atoms with Gasteiger partial charge in [0.25, 0.3) is 0 Å². The van der Waals surface area contributed by atoms with Gasteiger partial charge in [0, 0.05) is 0 Å². The molecule has 0 aromatic heterocycles. The van der Waals surface area contributed by atoms with Gasteiger partial charge in [-0.15, -0.1) is 28.6 Å². The largest absolute Gasteiger partial charge is 2.00 e. The van der Waals surface area contributed by atoms with E-state index < -0.39 is 0 Å². The molecule has 0 heterocycles. The van der Waals surface area contributed by atoms with Crippen LogP contribution in [0.25, 0.3) is 21.5 Å². The van der Waals surface area contributed by atoms with Crippen LogP contribution in [0.15, 0.2) is 95.5 Å². The van der Waals surface area contributed by atoms with Gasteiger partial charge in [-0.05, 0) is 86.7 Å². The molecule has 0 fully saturated rings. The van der Waals surface area contributed by atoms with Crippen LogP contribution in [-0.2, 0) is 33.3 Å². The maximum absolute atomic E-state index is 3.89. The van der Waals surface area contributed by atoms with E-state index in [4.69, 9.17) is 0 Å². The second-order valence-electron chi connectivity index (χ2n) is 11.0. The fourth-order valence-corrected chi connectivity index (χ4v) is 9.23. The van der Waals surface area contributed by atoms with Crippen LogP contribution in [0.2, 0.25) is 0 Å². The summed E-state index contributed by atoms with van der Waals surface area (Å²) in [5, 5.41) is 5.03. The van der Waals surface area contributed by atoms with Crippen molar-refractivity contribution in [2.75, 3.05) is 37.0 Å². The molecule has 0 amide bonds. The van der Waals surface area contributed by atoms with Crippen molar-refractivity contribution in [2.45, 2.75) is 54.4 Å². The van der Waals surface area contributed by atoms with Gasteiger partial charge in [0.05, 0.1) is 37.0 Å². The first kappa shape index (κ1) is 38.8. The molecule has 0 N–H and O–H groups in total. The minimum atomic E-state index is 0. The molecule has 1 aliphatic carbocycles. The Balaban J connectivity index is 0.000000265. The van der Waals surface area contributed by atoms with Crippen LogP contribution in [0.5, 0.6) is 0 Å². The summed E-state index contributed by atoms with van der Waals surface area (Å²) >= 11 is 3.89. The van der Waals surface area contributed by atoms with Gasteiger partial charge in [-0.3, -0.25) is 0 Å². The smallest absolute Gasteiger partial charge is 0.184 e. The zero-order valence-electron chi connectivity index (χ0n) is 27.5. The third-order valence-corrected chi connectivity index (χ3v) is 15.4. The SMILES string of the molecule is Brc1c2c([c-]c3cc4ccccc4cc13)Cc1ccccc1C2.CC[PH+](CC)CC.CC[PH+](CC)CC.[Pd+2].[c-]1ccccc1. The second kappa shape index (κ2) is 21.4. The Labute approximate surface area is 293 Å². The minimum Gasteiger partial charge on any atom is -0.184 e. The van der Waals surface area contributed by atoms with Gasteiger partial charge in [0.1, 0.15) is 0 Å². The van der Waals surface area contributed by atoms with E-state index in [1.54, 1.807) is 0 Å². The van der Waals surface area contributed by atoms with E-state index in [1.807, 2.05) is 30.3 Å². The quantitative estimate of drug-likeness (QED) is 0.0684. The van der Waals surface area contributed by atoms with E-state index in [9.17, 15) is 0 Å². The molecule has 5 aromatic carbocycles. The molecule has 44 heavy (non-hydrogen) atoms. The molecule has 0 aliphatic heterocycles. The molecular formula is C40H51BrP2Pd+2. The Hall–Kier alpha value is -1.38. The van der Waals surface area contributed by atoms with Crippen LogP contribution >= 0.6 is 31.8 Å². The van der Waals surface area contributed by atoms with Crippen molar-refractivity contribution in [3.8, 4) is 0 Å². The maximum atomic E-state index is 3.89. The summed E-state index contributed by atoms with van der Waals surface area (Å²) in [6.45, 7) is 13.8. The van der Waals surface area contributed by atoms with Crippen molar-refractivity contribution < 1.29 is 20.4 Å². The molecule has 6 rings (SSSR count). The van der Waals surface area contributed by atoms with Crippen LogP contribution in [0.4, 0.5) is 0 Å². The van der Waals surface area contributed by atoms with Crippen LogP contribution in [-0.4, -0.2) is 37.0 Å². The average Bonchev–Trinajstić information content (AvgIpc) is 3.07. The molecule has 1 aliphatic rings. The van der Waals surface area contributed by atoms with Crippen LogP contribution < -0.4 is 0 Å². The first-order valence-corrected chi connectivity index (χ1v) is 21.2. The van der Waals surface area contributed by atoms with Crippen molar-refractivity contribution in [3.05, 3.63) is 130 Å². The number of fused-ring (bicyclic) bond motifs is 4. The topological polar surface area (TPSA) is 0 Å². The second-order valence-corrected chi connectivity index (χ2v) is 19.0. The van der Waals surface area contributed by atoms with Crippen LogP contribution in [0.1, 0.15) is 63.8 Å². The Bertz CT molecular complexity index is 1460. The number of halogens is 1. The molecule has 0 unspecified atom stereocenters. The van der Waals surface area contributed by atoms with E-state index in [0.29, 0.717) is 0 Å². The van der Waals surface area contributed by atoms with Gasteiger partial charge >= 0.3 is 20.4 Å². The monoisotopic (exact) mass is 778 g/mol. The molecule has 0 atom stereocenters. The summed E-state index contributed by atoms with van der Waals surface area (Å²) in [6, 6.07) is 38.0. The van der Waals surface area contributed by atoms with E-state index in [2.05, 4.69) is 130 Å². The van der Waals surface area contributed by atoms with Crippen molar-refractivity contribution >= 4 is 53.3 Å². The molecule has 4 heteroatoms. The molecule has 0 nitrogen and oxygen atoms in total. The summed E-state index contributed by atoms with van der Waals surface area (Å²) < 4.78 is 1.24. The molecular weight excluding hydrogens is 729 g/mol. The maximum Gasteiger partial charge on any atom is 2.00 e. The van der Waals surface area contributed by atoms with Gasteiger partial charge in [0.15, 0.2) is 0 Å². The van der Waals surface area contributed by atoms with Crippen molar-refractivity contribution in [3.63, 3.8) is 0 Å². The first-order chi connectivity index (χ1) is 21.0. The Kier molecular flexibility index (Phi) is 18.9. The van der Waals surface area contributed by atoms with E-state index in [-0.39, 0.29) is 36.3 Å². The summed E-state index contributed by atoms with van der Waals surface area (Å²) in [7, 11) is 0.275. The van der Waals surface area contributed by atoms with Crippen molar-refractivity contribution in [1.82, 2.24) is 0 Å². The zero-order valence-corrected chi connectivity index (χ0v) is 32.7. The zero-order chi connectivity index (χ0) is 31.0. The Morgan fingerprint density at radius 3 is 1.52 bits per heavy atom. The number of rotatable bonds is 6. The average molecular weight is 780 g/mol. The molecule has 0 saturated carbocycles. The predicted molar refractivity (Wildman–Crippen MR) is 205 cm³/mol. The molecule has 0 radical (unpaired) electrons. The van der Waals surface area contributed by atoms with Gasteiger partial charge in [-0.1, -0.05) is 85.8 Å². The fraction of sp³-hybridized carbons (Fsp3) is 0.350. The predicted octanol–water partition coefficient (Wildman–Crippen LogP) is 12.1. The number of hydrogen-bond donors (Lipinski definition) is 0.